The molecule has 0 unspecified atom stereocenters. The van der Waals surface area contributed by atoms with E-state index in [9.17, 15) is 9.59 Å². The molecule has 6 heteroatoms. The molecule has 0 spiro atoms. The van der Waals surface area contributed by atoms with Gasteiger partial charge in [0.05, 0.1) is 11.1 Å². The van der Waals surface area contributed by atoms with Crippen molar-refractivity contribution in [3.8, 4) is 11.5 Å². The van der Waals surface area contributed by atoms with E-state index in [2.05, 4.69) is 5.32 Å². The maximum Gasteiger partial charge on any atom is 0.250 e. The highest BCUT2D eigenvalue weighted by Crippen LogP contribution is 2.44. The minimum Gasteiger partial charge on any atom is -0.454 e. The number of anilines is 1. The quantitative estimate of drug-likeness (QED) is 0.920. The Morgan fingerprint density at radius 3 is 2.62 bits per heavy atom. The van der Waals surface area contributed by atoms with Crippen molar-refractivity contribution in [1.82, 2.24) is 4.57 Å². The van der Waals surface area contributed by atoms with Crippen LogP contribution in [-0.2, 0) is 17.3 Å². The van der Waals surface area contributed by atoms with Gasteiger partial charge in [-0.2, -0.15) is 0 Å². The standard InChI is InChI=1S/C20H22N2O4/c1-22-12-15(6-8-18(22)23)21-19(24)20(9-3-2-4-10-20)14-5-7-16-17(11-14)26-13-25-16/h5-8,11-12H,2-4,9-10,13H2,1H3,(H,21,24). The Kier molecular flexibility index (Phi) is 4.18. The number of fused-ring (bicyclic) bond motifs is 1. The van der Waals surface area contributed by atoms with Crippen molar-refractivity contribution in [3.05, 3.63) is 52.4 Å². The predicted octanol–water partition coefficient (Wildman–Crippen LogP) is 2.95. The van der Waals surface area contributed by atoms with Gasteiger partial charge in [0, 0.05) is 19.3 Å². The Hall–Kier alpha value is -2.76. The van der Waals surface area contributed by atoms with E-state index in [1.807, 2.05) is 18.2 Å². The zero-order valence-corrected chi connectivity index (χ0v) is 14.8. The van der Waals surface area contributed by atoms with Crippen LogP contribution in [0.3, 0.4) is 0 Å². The average Bonchev–Trinajstić information content (AvgIpc) is 3.13. The number of aryl methyl sites for hydroxylation is 1. The van der Waals surface area contributed by atoms with Crippen LogP contribution in [0.1, 0.15) is 37.7 Å². The molecule has 1 aliphatic carbocycles. The first kappa shape index (κ1) is 16.7. The number of nitrogens with zero attached hydrogens (tertiary/aromatic N) is 1. The summed E-state index contributed by atoms with van der Waals surface area (Å²) in [6, 6.07) is 8.90. The molecule has 2 heterocycles. The summed E-state index contributed by atoms with van der Waals surface area (Å²) >= 11 is 0. The number of aromatic nitrogens is 1. The molecule has 1 aliphatic heterocycles. The molecule has 1 N–H and O–H groups in total. The molecule has 2 aromatic rings. The largest absolute Gasteiger partial charge is 0.454 e. The van der Waals surface area contributed by atoms with E-state index in [0.717, 1.165) is 43.4 Å². The van der Waals surface area contributed by atoms with Crippen LogP contribution in [0.5, 0.6) is 11.5 Å². The van der Waals surface area contributed by atoms with Gasteiger partial charge in [0.2, 0.25) is 18.3 Å². The fourth-order valence-electron chi connectivity index (χ4n) is 3.91. The number of pyridine rings is 1. The molecule has 1 fully saturated rings. The zero-order valence-electron chi connectivity index (χ0n) is 14.8. The number of rotatable bonds is 3. The molecule has 1 aromatic heterocycles. The van der Waals surface area contributed by atoms with Crippen molar-refractivity contribution in [3.63, 3.8) is 0 Å². The summed E-state index contributed by atoms with van der Waals surface area (Å²) < 4.78 is 12.4. The highest BCUT2D eigenvalue weighted by Gasteiger charge is 2.42. The molecule has 1 saturated carbocycles. The predicted molar refractivity (Wildman–Crippen MR) is 97.6 cm³/mol. The lowest BCUT2D eigenvalue weighted by Gasteiger charge is -2.36. The number of benzene rings is 1. The van der Waals surface area contributed by atoms with Gasteiger partial charge in [0.1, 0.15) is 0 Å². The molecule has 26 heavy (non-hydrogen) atoms. The van der Waals surface area contributed by atoms with Gasteiger partial charge < -0.3 is 19.4 Å². The minimum absolute atomic E-state index is 0.0327. The van der Waals surface area contributed by atoms with Gasteiger partial charge in [-0.15, -0.1) is 0 Å². The molecule has 0 saturated heterocycles. The van der Waals surface area contributed by atoms with Crippen molar-refractivity contribution >= 4 is 11.6 Å². The second-order valence-corrected chi connectivity index (χ2v) is 7.03. The lowest BCUT2D eigenvalue weighted by atomic mass is 9.68. The minimum atomic E-state index is -0.589. The van der Waals surface area contributed by atoms with E-state index < -0.39 is 5.41 Å². The van der Waals surface area contributed by atoms with Crippen LogP contribution < -0.4 is 20.3 Å². The van der Waals surface area contributed by atoms with Gasteiger partial charge in [-0.05, 0) is 36.6 Å². The molecule has 0 radical (unpaired) electrons. The fraction of sp³-hybridized carbons (Fsp3) is 0.400. The van der Waals surface area contributed by atoms with Crippen LogP contribution in [-0.4, -0.2) is 17.3 Å². The third kappa shape index (κ3) is 2.85. The summed E-state index contributed by atoms with van der Waals surface area (Å²) in [5.74, 6) is 1.38. The summed E-state index contributed by atoms with van der Waals surface area (Å²) in [6.07, 6.45) is 6.40. The Morgan fingerprint density at radius 2 is 1.85 bits per heavy atom. The van der Waals surface area contributed by atoms with E-state index in [1.54, 1.807) is 19.3 Å². The first-order valence-corrected chi connectivity index (χ1v) is 8.97. The Labute approximate surface area is 151 Å². The molecule has 0 atom stereocenters. The van der Waals surface area contributed by atoms with Gasteiger partial charge in [-0.3, -0.25) is 9.59 Å². The van der Waals surface area contributed by atoms with E-state index in [0.29, 0.717) is 11.4 Å². The van der Waals surface area contributed by atoms with Crippen LogP contribution in [0, 0.1) is 0 Å². The molecule has 1 amide bonds. The number of amides is 1. The number of carbonyl (C=O) groups is 1. The van der Waals surface area contributed by atoms with Crippen molar-refractivity contribution in [2.75, 3.05) is 12.1 Å². The van der Waals surface area contributed by atoms with Gasteiger partial charge in [-0.1, -0.05) is 25.3 Å². The van der Waals surface area contributed by atoms with Gasteiger partial charge in [-0.25, -0.2) is 0 Å². The average molecular weight is 354 g/mol. The highest BCUT2D eigenvalue weighted by molar-refractivity contribution is 5.99. The summed E-state index contributed by atoms with van der Waals surface area (Å²) in [7, 11) is 1.67. The van der Waals surface area contributed by atoms with Crippen LogP contribution in [0.2, 0.25) is 0 Å². The molecule has 1 aromatic carbocycles. The Balaban J connectivity index is 1.68. The third-order valence-electron chi connectivity index (χ3n) is 5.41. The highest BCUT2D eigenvalue weighted by atomic mass is 16.7. The van der Waals surface area contributed by atoms with E-state index in [4.69, 9.17) is 9.47 Å². The van der Waals surface area contributed by atoms with Crippen LogP contribution in [0.4, 0.5) is 5.69 Å². The maximum atomic E-state index is 13.3. The lowest BCUT2D eigenvalue weighted by Crippen LogP contribution is -2.42. The van der Waals surface area contributed by atoms with E-state index in [-0.39, 0.29) is 18.3 Å². The smallest absolute Gasteiger partial charge is 0.250 e. The van der Waals surface area contributed by atoms with Crippen LogP contribution in [0.25, 0.3) is 0 Å². The van der Waals surface area contributed by atoms with Crippen molar-refractivity contribution in [1.29, 1.82) is 0 Å². The third-order valence-corrected chi connectivity index (χ3v) is 5.41. The summed E-state index contributed by atoms with van der Waals surface area (Å²) in [5.41, 5.74) is 0.895. The number of hydrogen-bond acceptors (Lipinski definition) is 4. The SMILES string of the molecule is Cn1cc(NC(=O)C2(c3ccc4c(c3)OCO4)CCCCC2)ccc1=O. The number of nitrogens with one attached hydrogen (secondary N) is 1. The fourth-order valence-corrected chi connectivity index (χ4v) is 3.91. The van der Waals surface area contributed by atoms with Crippen LogP contribution >= 0.6 is 0 Å². The number of ether oxygens (including phenoxy) is 2. The normalized spacial score (nSPS) is 17.7. The van der Waals surface area contributed by atoms with Gasteiger partial charge in [0.15, 0.2) is 11.5 Å². The van der Waals surface area contributed by atoms with Crippen molar-refractivity contribution < 1.29 is 14.3 Å². The Morgan fingerprint density at radius 1 is 1.08 bits per heavy atom. The Bertz CT molecular complexity index is 897. The molecule has 0 bridgehead atoms. The van der Waals surface area contributed by atoms with E-state index >= 15 is 0 Å². The molecule has 136 valence electrons. The second-order valence-electron chi connectivity index (χ2n) is 7.03. The van der Waals surface area contributed by atoms with E-state index in [1.165, 1.54) is 10.6 Å². The molecule has 2 aliphatic rings. The molecular formula is C20H22N2O4. The summed E-state index contributed by atoms with van der Waals surface area (Å²) in [5, 5.41) is 3.02. The second kappa shape index (κ2) is 6.52. The van der Waals surface area contributed by atoms with Gasteiger partial charge in [0.25, 0.3) is 0 Å². The zero-order chi connectivity index (χ0) is 18.1. The van der Waals surface area contributed by atoms with Gasteiger partial charge >= 0.3 is 0 Å². The molecule has 6 nitrogen and oxygen atoms in total. The first-order valence-electron chi connectivity index (χ1n) is 8.97. The van der Waals surface area contributed by atoms with Crippen molar-refractivity contribution in [2.24, 2.45) is 7.05 Å². The summed E-state index contributed by atoms with van der Waals surface area (Å²) in [6.45, 7) is 0.218. The monoisotopic (exact) mass is 354 g/mol. The molecular weight excluding hydrogens is 332 g/mol. The maximum absolute atomic E-state index is 13.3. The number of hydrogen-bond donors (Lipinski definition) is 1. The topological polar surface area (TPSA) is 69.6 Å². The van der Waals surface area contributed by atoms with Crippen LogP contribution in [0.15, 0.2) is 41.3 Å². The summed E-state index contributed by atoms with van der Waals surface area (Å²) in [4.78, 5) is 24.9. The number of carbonyl (C=O) groups excluding carboxylic acids is 1. The lowest BCUT2D eigenvalue weighted by molar-refractivity contribution is -0.122. The van der Waals surface area contributed by atoms with Crippen molar-refractivity contribution in [2.45, 2.75) is 37.5 Å². The molecule has 4 rings (SSSR count). The first-order chi connectivity index (χ1) is 12.6.